The van der Waals surface area contributed by atoms with Crippen molar-refractivity contribution >= 4 is 33.5 Å². The predicted molar refractivity (Wildman–Crippen MR) is 70.0 cm³/mol. The van der Waals surface area contributed by atoms with Crippen LogP contribution >= 0.6 is 27.5 Å². The van der Waals surface area contributed by atoms with Crippen LogP contribution in [0.25, 0.3) is 0 Å². The Hall–Kier alpha value is -1.60. The predicted octanol–water partition coefficient (Wildman–Crippen LogP) is 2.67. The number of halogens is 2. The number of aromatic nitrogens is 3. The maximum Gasteiger partial charge on any atom is 0.330 e. The molecule has 2 rings (SSSR count). The van der Waals surface area contributed by atoms with E-state index in [9.17, 15) is 0 Å². The first-order valence-corrected chi connectivity index (χ1v) is 5.94. The summed E-state index contributed by atoms with van der Waals surface area (Å²) in [6, 6.07) is 5.25. The lowest BCUT2D eigenvalue weighted by molar-refractivity contribution is 0.360. The summed E-state index contributed by atoms with van der Waals surface area (Å²) < 4.78 is 11.1. The van der Waals surface area contributed by atoms with Gasteiger partial charge >= 0.3 is 12.0 Å². The van der Waals surface area contributed by atoms with Gasteiger partial charge in [0.05, 0.1) is 12.1 Å². The Morgan fingerprint density at radius 1 is 1.22 bits per heavy atom. The van der Waals surface area contributed by atoms with Crippen LogP contribution in [0.15, 0.2) is 22.7 Å². The van der Waals surface area contributed by atoms with Gasteiger partial charge in [0.1, 0.15) is 5.75 Å². The van der Waals surface area contributed by atoms with Gasteiger partial charge in [-0.2, -0.15) is 9.97 Å². The second kappa shape index (κ2) is 5.36. The molecule has 18 heavy (non-hydrogen) atoms. The normalized spacial score (nSPS) is 10.2. The van der Waals surface area contributed by atoms with Crippen LogP contribution in [0.2, 0.25) is 5.02 Å². The van der Waals surface area contributed by atoms with Gasteiger partial charge < -0.3 is 15.2 Å². The van der Waals surface area contributed by atoms with Gasteiger partial charge in [-0.05, 0) is 18.2 Å². The van der Waals surface area contributed by atoms with Crippen LogP contribution in [0.5, 0.6) is 17.8 Å². The maximum absolute atomic E-state index is 6.00. The largest absolute Gasteiger partial charge is 0.467 e. The van der Waals surface area contributed by atoms with E-state index in [-0.39, 0.29) is 18.0 Å². The van der Waals surface area contributed by atoms with Crippen molar-refractivity contribution in [1.29, 1.82) is 0 Å². The number of nitrogens with zero attached hydrogens (tertiary/aromatic N) is 3. The minimum atomic E-state index is 0.00471. The number of hydrogen-bond donors (Lipinski definition) is 1. The molecule has 0 aliphatic heterocycles. The summed E-state index contributed by atoms with van der Waals surface area (Å²) >= 11 is 9.30. The molecule has 6 nitrogen and oxygen atoms in total. The molecule has 0 aliphatic carbocycles. The number of nitrogen functional groups attached to an aromatic ring is 1. The van der Waals surface area contributed by atoms with Gasteiger partial charge in [-0.15, -0.1) is 4.98 Å². The number of anilines is 1. The molecule has 1 aromatic heterocycles. The average molecular weight is 332 g/mol. The minimum absolute atomic E-state index is 0.00471. The smallest absolute Gasteiger partial charge is 0.330 e. The highest BCUT2D eigenvalue weighted by atomic mass is 79.9. The van der Waals surface area contributed by atoms with Gasteiger partial charge in [0, 0.05) is 4.47 Å². The summed E-state index contributed by atoms with van der Waals surface area (Å²) in [6.45, 7) is 0. The first kappa shape index (κ1) is 12.8. The van der Waals surface area contributed by atoms with Gasteiger partial charge in [-0.1, -0.05) is 27.5 Å². The molecule has 8 heteroatoms. The molecule has 0 saturated heterocycles. The molecular formula is C10H8BrClN4O2. The molecule has 0 aliphatic rings. The van der Waals surface area contributed by atoms with E-state index in [0.717, 1.165) is 4.47 Å². The monoisotopic (exact) mass is 330 g/mol. The van der Waals surface area contributed by atoms with Gasteiger partial charge in [-0.3, -0.25) is 0 Å². The van der Waals surface area contributed by atoms with E-state index in [2.05, 4.69) is 30.9 Å². The molecule has 0 atom stereocenters. The molecule has 1 aromatic carbocycles. The molecule has 0 spiro atoms. The molecule has 0 saturated carbocycles. The molecule has 2 aromatic rings. The summed E-state index contributed by atoms with van der Waals surface area (Å²) in [5.74, 6) is 0.414. The molecule has 1 heterocycles. The third kappa shape index (κ3) is 2.99. The lowest BCUT2D eigenvalue weighted by atomic mass is 10.3. The lowest BCUT2D eigenvalue weighted by Crippen LogP contribution is -2.02. The van der Waals surface area contributed by atoms with Crippen LogP contribution in [-0.4, -0.2) is 22.1 Å². The van der Waals surface area contributed by atoms with Crippen LogP contribution in [0.4, 0.5) is 5.95 Å². The summed E-state index contributed by atoms with van der Waals surface area (Å²) in [6.07, 6.45) is 0. The van der Waals surface area contributed by atoms with E-state index in [1.165, 1.54) is 7.11 Å². The Balaban J connectivity index is 2.30. The first-order valence-electron chi connectivity index (χ1n) is 4.77. The molecular weight excluding hydrogens is 323 g/mol. The van der Waals surface area contributed by atoms with Gasteiger partial charge in [0.25, 0.3) is 0 Å². The zero-order valence-electron chi connectivity index (χ0n) is 9.22. The second-order valence-corrected chi connectivity index (χ2v) is 4.46. The highest BCUT2D eigenvalue weighted by Crippen LogP contribution is 2.30. The average Bonchev–Trinajstić information content (AvgIpc) is 2.32. The van der Waals surface area contributed by atoms with Crippen LogP contribution in [0.3, 0.4) is 0 Å². The van der Waals surface area contributed by atoms with Crippen LogP contribution in [-0.2, 0) is 0 Å². The lowest BCUT2D eigenvalue weighted by Gasteiger charge is -2.07. The van der Waals surface area contributed by atoms with Crippen LogP contribution < -0.4 is 15.2 Å². The van der Waals surface area contributed by atoms with E-state index in [1.807, 2.05) is 0 Å². The number of rotatable bonds is 3. The zero-order chi connectivity index (χ0) is 13.1. The van der Waals surface area contributed by atoms with E-state index in [0.29, 0.717) is 10.8 Å². The fourth-order valence-corrected chi connectivity index (χ4v) is 1.86. The van der Waals surface area contributed by atoms with Crippen molar-refractivity contribution in [3.63, 3.8) is 0 Å². The van der Waals surface area contributed by atoms with Crippen molar-refractivity contribution in [2.24, 2.45) is 0 Å². The Morgan fingerprint density at radius 2 is 1.94 bits per heavy atom. The van der Waals surface area contributed by atoms with E-state index < -0.39 is 0 Å². The Kier molecular flexibility index (Phi) is 3.83. The Morgan fingerprint density at radius 3 is 2.61 bits per heavy atom. The number of ether oxygens (including phenoxy) is 2. The Bertz CT molecular complexity index is 582. The SMILES string of the molecule is COc1nc(N)nc(Oc2ccc(Br)cc2Cl)n1. The van der Waals surface area contributed by atoms with Crippen LogP contribution in [0, 0.1) is 0 Å². The van der Waals surface area contributed by atoms with Crippen LogP contribution in [0.1, 0.15) is 0 Å². The fraction of sp³-hybridized carbons (Fsp3) is 0.100. The molecule has 2 N–H and O–H groups in total. The number of methoxy groups -OCH3 is 1. The van der Waals surface area contributed by atoms with E-state index >= 15 is 0 Å². The number of benzene rings is 1. The van der Waals surface area contributed by atoms with Crippen molar-refractivity contribution < 1.29 is 9.47 Å². The van der Waals surface area contributed by atoms with Crippen molar-refractivity contribution in [2.45, 2.75) is 0 Å². The number of nitrogens with two attached hydrogens (primary N) is 1. The highest BCUT2D eigenvalue weighted by Gasteiger charge is 2.09. The fourth-order valence-electron chi connectivity index (χ4n) is 1.15. The molecule has 0 bridgehead atoms. The van der Waals surface area contributed by atoms with Crippen molar-refractivity contribution in [3.8, 4) is 17.8 Å². The highest BCUT2D eigenvalue weighted by molar-refractivity contribution is 9.10. The van der Waals surface area contributed by atoms with Gasteiger partial charge in [0.15, 0.2) is 0 Å². The van der Waals surface area contributed by atoms with Crippen molar-refractivity contribution in [1.82, 2.24) is 15.0 Å². The van der Waals surface area contributed by atoms with Crippen molar-refractivity contribution in [3.05, 3.63) is 27.7 Å². The summed E-state index contributed by atoms with van der Waals surface area (Å²) in [5.41, 5.74) is 5.49. The van der Waals surface area contributed by atoms with Crippen molar-refractivity contribution in [2.75, 3.05) is 12.8 Å². The molecule has 0 radical (unpaired) electrons. The quantitative estimate of drug-likeness (QED) is 0.931. The number of hydrogen-bond acceptors (Lipinski definition) is 6. The first-order chi connectivity index (χ1) is 8.58. The minimum Gasteiger partial charge on any atom is -0.467 e. The maximum atomic E-state index is 6.00. The topological polar surface area (TPSA) is 83.2 Å². The summed E-state index contributed by atoms with van der Waals surface area (Å²) in [4.78, 5) is 11.5. The molecule has 0 fully saturated rings. The third-order valence-electron chi connectivity index (χ3n) is 1.89. The molecule has 0 amide bonds. The summed E-state index contributed by atoms with van der Waals surface area (Å²) in [5, 5.41) is 0.419. The van der Waals surface area contributed by atoms with E-state index in [4.69, 9.17) is 26.8 Å². The molecule has 0 unspecified atom stereocenters. The second-order valence-electron chi connectivity index (χ2n) is 3.14. The van der Waals surface area contributed by atoms with Gasteiger partial charge in [0.2, 0.25) is 5.95 Å². The summed E-state index contributed by atoms with van der Waals surface area (Å²) in [7, 11) is 1.42. The standard InChI is InChI=1S/C10H8BrClN4O2/c1-17-9-14-8(13)15-10(16-9)18-7-3-2-5(11)4-6(7)12/h2-4H,1H3,(H2,13,14,15,16). The molecule has 94 valence electrons. The third-order valence-corrected chi connectivity index (χ3v) is 2.68. The van der Waals surface area contributed by atoms with E-state index in [1.54, 1.807) is 18.2 Å². The van der Waals surface area contributed by atoms with Gasteiger partial charge in [-0.25, -0.2) is 0 Å². The Labute approximate surface area is 116 Å². The zero-order valence-corrected chi connectivity index (χ0v) is 11.6.